The zero-order valence-electron chi connectivity index (χ0n) is 10.5. The third-order valence-corrected chi connectivity index (χ3v) is 3.76. The summed E-state index contributed by atoms with van der Waals surface area (Å²) >= 11 is 12.4. The number of rotatable bonds is 4. The van der Waals surface area contributed by atoms with Crippen molar-refractivity contribution in [3.05, 3.63) is 63.4 Å². The number of pyridine rings is 1. The number of hydrazine groups is 1. The summed E-state index contributed by atoms with van der Waals surface area (Å²) < 4.78 is 0. The van der Waals surface area contributed by atoms with Crippen LogP contribution in [0.3, 0.4) is 0 Å². The van der Waals surface area contributed by atoms with E-state index >= 15 is 0 Å². The van der Waals surface area contributed by atoms with Gasteiger partial charge in [-0.15, -0.1) is 0 Å². The van der Waals surface area contributed by atoms with E-state index in [2.05, 4.69) is 10.4 Å². The number of halogens is 2. The fourth-order valence-electron chi connectivity index (χ4n) is 2.03. The Hall–Kier alpha value is -1.13. The summed E-state index contributed by atoms with van der Waals surface area (Å²) in [6, 6.07) is 9.24. The fourth-order valence-corrected chi connectivity index (χ4v) is 2.58. The molecule has 0 aliphatic rings. The lowest BCUT2D eigenvalue weighted by atomic mass is 10.0. The maximum atomic E-state index is 6.18. The van der Waals surface area contributed by atoms with Gasteiger partial charge in [0.2, 0.25) is 0 Å². The molecule has 100 valence electrons. The molecule has 0 radical (unpaired) electrons. The highest BCUT2D eigenvalue weighted by Crippen LogP contribution is 2.29. The van der Waals surface area contributed by atoms with Crippen LogP contribution >= 0.6 is 23.2 Å². The van der Waals surface area contributed by atoms with E-state index in [0.29, 0.717) is 16.5 Å². The SMILES string of the molecule is Cc1cccnc1C(Cc1c(Cl)cccc1Cl)NN. The molecule has 0 aliphatic heterocycles. The maximum absolute atomic E-state index is 6.18. The largest absolute Gasteiger partial charge is 0.271 e. The molecular formula is C14H15Cl2N3. The summed E-state index contributed by atoms with van der Waals surface area (Å²) in [5.41, 5.74) is 5.64. The summed E-state index contributed by atoms with van der Waals surface area (Å²) in [4.78, 5) is 4.38. The van der Waals surface area contributed by atoms with Crippen LogP contribution in [-0.2, 0) is 6.42 Å². The smallest absolute Gasteiger partial charge is 0.0676 e. The molecule has 1 heterocycles. The number of nitrogens with zero attached hydrogens (tertiary/aromatic N) is 1. The van der Waals surface area contributed by atoms with Gasteiger partial charge in [-0.05, 0) is 42.7 Å². The Kier molecular flexibility index (Phi) is 4.77. The molecule has 2 aromatic rings. The molecular weight excluding hydrogens is 281 g/mol. The standard InChI is InChI=1S/C14H15Cl2N3/c1-9-4-3-7-18-14(9)13(19-17)8-10-11(15)5-2-6-12(10)16/h2-7,13,19H,8,17H2,1H3. The molecule has 1 aromatic carbocycles. The highest BCUT2D eigenvalue weighted by Gasteiger charge is 2.17. The minimum absolute atomic E-state index is 0.126. The topological polar surface area (TPSA) is 50.9 Å². The minimum atomic E-state index is -0.126. The van der Waals surface area contributed by atoms with Crippen molar-refractivity contribution in [2.75, 3.05) is 0 Å². The van der Waals surface area contributed by atoms with E-state index in [1.165, 1.54) is 0 Å². The molecule has 5 heteroatoms. The zero-order chi connectivity index (χ0) is 13.8. The van der Waals surface area contributed by atoms with Gasteiger partial charge in [0, 0.05) is 16.2 Å². The third-order valence-electron chi connectivity index (χ3n) is 3.05. The van der Waals surface area contributed by atoms with Crippen LogP contribution in [0.5, 0.6) is 0 Å². The van der Waals surface area contributed by atoms with Gasteiger partial charge < -0.3 is 0 Å². The molecule has 0 saturated carbocycles. The second-order valence-corrected chi connectivity index (χ2v) is 5.14. The van der Waals surface area contributed by atoms with Crippen LogP contribution in [0.4, 0.5) is 0 Å². The van der Waals surface area contributed by atoms with Gasteiger partial charge in [-0.2, -0.15) is 0 Å². The lowest BCUT2D eigenvalue weighted by Gasteiger charge is -2.18. The highest BCUT2D eigenvalue weighted by molar-refractivity contribution is 6.36. The number of aryl methyl sites for hydroxylation is 1. The molecule has 0 spiro atoms. The summed E-state index contributed by atoms with van der Waals surface area (Å²) in [7, 11) is 0. The average molecular weight is 296 g/mol. The van der Waals surface area contributed by atoms with Crippen LogP contribution in [0, 0.1) is 6.92 Å². The van der Waals surface area contributed by atoms with Gasteiger partial charge >= 0.3 is 0 Å². The predicted octanol–water partition coefficient (Wildman–Crippen LogP) is 3.44. The van der Waals surface area contributed by atoms with E-state index in [-0.39, 0.29) is 6.04 Å². The summed E-state index contributed by atoms with van der Waals surface area (Å²) in [5, 5.41) is 1.28. The van der Waals surface area contributed by atoms with Gasteiger partial charge in [-0.3, -0.25) is 16.3 Å². The van der Waals surface area contributed by atoms with Crippen LogP contribution in [0.2, 0.25) is 10.0 Å². The molecule has 19 heavy (non-hydrogen) atoms. The first-order valence-electron chi connectivity index (χ1n) is 5.94. The molecule has 2 rings (SSSR count). The normalized spacial score (nSPS) is 12.4. The van der Waals surface area contributed by atoms with E-state index in [1.54, 1.807) is 6.20 Å². The van der Waals surface area contributed by atoms with Crippen molar-refractivity contribution in [2.45, 2.75) is 19.4 Å². The number of nitrogens with two attached hydrogens (primary N) is 1. The van der Waals surface area contributed by atoms with E-state index in [9.17, 15) is 0 Å². The van der Waals surface area contributed by atoms with Gasteiger partial charge in [0.1, 0.15) is 0 Å². The first kappa shape index (κ1) is 14.3. The molecule has 1 atom stereocenters. The number of nitrogens with one attached hydrogen (secondary N) is 1. The van der Waals surface area contributed by atoms with Crippen LogP contribution in [-0.4, -0.2) is 4.98 Å². The molecule has 0 bridgehead atoms. The number of hydrogen-bond acceptors (Lipinski definition) is 3. The van der Waals surface area contributed by atoms with Gasteiger partial charge in [-0.25, -0.2) is 0 Å². The Bertz CT molecular complexity index is 552. The molecule has 1 unspecified atom stereocenters. The van der Waals surface area contributed by atoms with Crippen LogP contribution in [0.25, 0.3) is 0 Å². The molecule has 0 fully saturated rings. The molecule has 0 saturated heterocycles. The summed E-state index contributed by atoms with van der Waals surface area (Å²) in [6.45, 7) is 2.00. The van der Waals surface area contributed by atoms with Crippen molar-refractivity contribution in [1.29, 1.82) is 0 Å². The quantitative estimate of drug-likeness (QED) is 0.671. The van der Waals surface area contributed by atoms with Crippen molar-refractivity contribution < 1.29 is 0 Å². The van der Waals surface area contributed by atoms with Crippen LogP contribution in [0.15, 0.2) is 36.5 Å². The van der Waals surface area contributed by atoms with E-state index in [4.69, 9.17) is 29.0 Å². The van der Waals surface area contributed by atoms with Crippen molar-refractivity contribution in [3.8, 4) is 0 Å². The van der Waals surface area contributed by atoms with Crippen molar-refractivity contribution in [3.63, 3.8) is 0 Å². The zero-order valence-corrected chi connectivity index (χ0v) is 12.0. The third kappa shape index (κ3) is 3.25. The Morgan fingerprint density at radius 3 is 2.47 bits per heavy atom. The molecule has 0 aliphatic carbocycles. The Labute approximate surface area is 122 Å². The van der Waals surface area contributed by atoms with Gasteiger partial charge in [0.15, 0.2) is 0 Å². The Morgan fingerprint density at radius 1 is 1.21 bits per heavy atom. The summed E-state index contributed by atoms with van der Waals surface area (Å²) in [5.74, 6) is 5.65. The predicted molar refractivity (Wildman–Crippen MR) is 79.2 cm³/mol. The van der Waals surface area contributed by atoms with E-state index < -0.39 is 0 Å². The van der Waals surface area contributed by atoms with Crippen LogP contribution in [0.1, 0.15) is 22.9 Å². The highest BCUT2D eigenvalue weighted by atomic mass is 35.5. The average Bonchev–Trinajstić information content (AvgIpc) is 2.40. The lowest BCUT2D eigenvalue weighted by Crippen LogP contribution is -2.31. The van der Waals surface area contributed by atoms with Crippen LogP contribution < -0.4 is 11.3 Å². The van der Waals surface area contributed by atoms with Gasteiger partial charge in [0.05, 0.1) is 11.7 Å². The van der Waals surface area contributed by atoms with Crippen molar-refractivity contribution in [2.24, 2.45) is 5.84 Å². The molecule has 1 aromatic heterocycles. The van der Waals surface area contributed by atoms with E-state index in [1.807, 2.05) is 37.3 Å². The number of benzene rings is 1. The summed E-state index contributed by atoms with van der Waals surface area (Å²) in [6.07, 6.45) is 2.34. The first-order chi connectivity index (χ1) is 9.13. The Morgan fingerprint density at radius 2 is 1.89 bits per heavy atom. The molecule has 3 N–H and O–H groups in total. The lowest BCUT2D eigenvalue weighted by molar-refractivity contribution is 0.535. The van der Waals surface area contributed by atoms with Gasteiger partial charge in [0.25, 0.3) is 0 Å². The maximum Gasteiger partial charge on any atom is 0.0676 e. The number of aromatic nitrogens is 1. The van der Waals surface area contributed by atoms with E-state index in [0.717, 1.165) is 16.8 Å². The second-order valence-electron chi connectivity index (χ2n) is 4.33. The van der Waals surface area contributed by atoms with Crippen molar-refractivity contribution >= 4 is 23.2 Å². The monoisotopic (exact) mass is 295 g/mol. The minimum Gasteiger partial charge on any atom is -0.271 e. The van der Waals surface area contributed by atoms with Gasteiger partial charge in [-0.1, -0.05) is 35.3 Å². The Balaban J connectivity index is 2.32. The molecule has 3 nitrogen and oxygen atoms in total. The fraction of sp³-hybridized carbons (Fsp3) is 0.214. The molecule has 0 amide bonds. The number of hydrogen-bond donors (Lipinski definition) is 2. The second kappa shape index (κ2) is 6.35. The first-order valence-corrected chi connectivity index (χ1v) is 6.69. The van der Waals surface area contributed by atoms with Crippen molar-refractivity contribution in [1.82, 2.24) is 10.4 Å².